The number of aliphatic hydroxyl groups is 1. The van der Waals surface area contributed by atoms with E-state index in [4.69, 9.17) is 4.74 Å². The number of nitrogens with zero attached hydrogens (tertiary/aromatic N) is 1. The average Bonchev–Trinajstić information content (AvgIpc) is 2.97. The van der Waals surface area contributed by atoms with Crippen molar-refractivity contribution in [3.8, 4) is 5.88 Å². The zero-order valence-electron chi connectivity index (χ0n) is 10.1. The molecule has 3 nitrogen and oxygen atoms in total. The van der Waals surface area contributed by atoms with Gasteiger partial charge in [0.15, 0.2) is 0 Å². The van der Waals surface area contributed by atoms with Gasteiger partial charge in [0.05, 0.1) is 17.9 Å². The second kappa shape index (κ2) is 4.06. The quantitative estimate of drug-likeness (QED) is 0.848. The molecule has 0 spiro atoms. The van der Waals surface area contributed by atoms with Crippen molar-refractivity contribution >= 4 is 0 Å². The van der Waals surface area contributed by atoms with Gasteiger partial charge in [-0.3, -0.25) is 0 Å². The summed E-state index contributed by atoms with van der Waals surface area (Å²) in [5.74, 6) is 0.652. The lowest BCUT2D eigenvalue weighted by molar-refractivity contribution is 0.147. The minimum absolute atomic E-state index is 0.115. The van der Waals surface area contributed by atoms with E-state index in [-0.39, 0.29) is 17.6 Å². The molecular formula is C13H19NO2. The third-order valence-electron chi connectivity index (χ3n) is 3.18. The van der Waals surface area contributed by atoms with E-state index in [0.29, 0.717) is 5.88 Å². The van der Waals surface area contributed by atoms with E-state index in [0.717, 1.165) is 18.5 Å². The fourth-order valence-electron chi connectivity index (χ4n) is 2.02. The molecule has 0 bridgehead atoms. The Labute approximate surface area is 96.5 Å². The Hall–Kier alpha value is -1.09. The van der Waals surface area contributed by atoms with Gasteiger partial charge in [0.2, 0.25) is 5.88 Å². The van der Waals surface area contributed by atoms with Gasteiger partial charge in [0, 0.05) is 11.5 Å². The average molecular weight is 221 g/mol. The molecule has 1 aromatic rings. The summed E-state index contributed by atoms with van der Waals surface area (Å²) in [6.45, 7) is 5.80. The first-order valence-corrected chi connectivity index (χ1v) is 5.87. The Kier molecular flexibility index (Phi) is 2.89. The monoisotopic (exact) mass is 221 g/mol. The molecule has 1 unspecified atom stereocenters. The molecule has 1 atom stereocenters. The summed E-state index contributed by atoms with van der Waals surface area (Å²) in [7, 11) is 0. The predicted octanol–water partition coefficient (Wildman–Crippen LogP) is 2.28. The van der Waals surface area contributed by atoms with Gasteiger partial charge < -0.3 is 9.84 Å². The molecule has 1 aliphatic carbocycles. The van der Waals surface area contributed by atoms with Gasteiger partial charge in [-0.25, -0.2) is 4.98 Å². The fourth-order valence-corrected chi connectivity index (χ4v) is 2.02. The second-order valence-electron chi connectivity index (χ2n) is 4.86. The standard InChI is InChI=1S/C13H19NO2/c1-9(2)16-12-6-4-5-11(14-12)13(7-8-13)10(3)15/h4-6,9-10,15H,7-8H2,1-3H3. The maximum absolute atomic E-state index is 9.79. The summed E-state index contributed by atoms with van der Waals surface area (Å²) < 4.78 is 5.56. The van der Waals surface area contributed by atoms with Gasteiger partial charge in [-0.15, -0.1) is 0 Å². The van der Waals surface area contributed by atoms with Crippen LogP contribution < -0.4 is 4.74 Å². The first kappa shape index (κ1) is 11.4. The van der Waals surface area contributed by atoms with Crippen LogP contribution in [0.4, 0.5) is 0 Å². The molecule has 1 fully saturated rings. The SMILES string of the molecule is CC(C)Oc1cccc(C2(C(C)O)CC2)n1. The first-order valence-electron chi connectivity index (χ1n) is 5.87. The van der Waals surface area contributed by atoms with E-state index >= 15 is 0 Å². The summed E-state index contributed by atoms with van der Waals surface area (Å²) in [6, 6.07) is 5.79. The molecule has 88 valence electrons. The van der Waals surface area contributed by atoms with Crippen molar-refractivity contribution in [2.45, 2.75) is 51.2 Å². The van der Waals surface area contributed by atoms with E-state index in [2.05, 4.69) is 4.98 Å². The molecule has 0 aromatic carbocycles. The van der Waals surface area contributed by atoms with Crippen LogP contribution in [0.15, 0.2) is 18.2 Å². The van der Waals surface area contributed by atoms with E-state index in [1.54, 1.807) is 0 Å². The highest BCUT2D eigenvalue weighted by Crippen LogP contribution is 2.50. The van der Waals surface area contributed by atoms with Crippen molar-refractivity contribution < 1.29 is 9.84 Å². The number of hydrogen-bond acceptors (Lipinski definition) is 3. The van der Waals surface area contributed by atoms with Gasteiger partial charge >= 0.3 is 0 Å². The summed E-state index contributed by atoms with van der Waals surface area (Å²) in [6.07, 6.45) is 1.82. The molecule has 0 aliphatic heterocycles. The zero-order valence-corrected chi connectivity index (χ0v) is 10.1. The van der Waals surface area contributed by atoms with Crippen LogP contribution in [0.25, 0.3) is 0 Å². The summed E-state index contributed by atoms with van der Waals surface area (Å²) in [5.41, 5.74) is 0.844. The fraction of sp³-hybridized carbons (Fsp3) is 0.615. The third-order valence-corrected chi connectivity index (χ3v) is 3.18. The largest absolute Gasteiger partial charge is 0.475 e. The normalized spacial score (nSPS) is 19.6. The highest BCUT2D eigenvalue weighted by atomic mass is 16.5. The number of pyridine rings is 1. The van der Waals surface area contributed by atoms with Gasteiger partial charge in [0.25, 0.3) is 0 Å². The molecule has 1 heterocycles. The molecule has 1 aromatic heterocycles. The van der Waals surface area contributed by atoms with Crippen LogP contribution in [-0.2, 0) is 5.41 Å². The maximum Gasteiger partial charge on any atom is 0.213 e. The van der Waals surface area contributed by atoms with E-state index < -0.39 is 0 Å². The molecule has 1 saturated carbocycles. The zero-order chi connectivity index (χ0) is 11.8. The molecule has 3 heteroatoms. The molecule has 2 rings (SSSR count). The van der Waals surface area contributed by atoms with E-state index in [1.165, 1.54) is 0 Å². The van der Waals surface area contributed by atoms with Gasteiger partial charge in [-0.1, -0.05) is 6.07 Å². The number of hydrogen-bond donors (Lipinski definition) is 1. The van der Waals surface area contributed by atoms with Crippen LogP contribution in [0.5, 0.6) is 5.88 Å². The first-order chi connectivity index (χ1) is 7.54. The van der Waals surface area contributed by atoms with Crippen LogP contribution >= 0.6 is 0 Å². The van der Waals surface area contributed by atoms with Crippen LogP contribution in [0, 0.1) is 0 Å². The highest BCUT2D eigenvalue weighted by Gasteiger charge is 2.49. The lowest BCUT2D eigenvalue weighted by atomic mass is 9.96. The Morgan fingerprint density at radius 1 is 1.31 bits per heavy atom. The van der Waals surface area contributed by atoms with Crippen LogP contribution in [-0.4, -0.2) is 22.3 Å². The topological polar surface area (TPSA) is 42.4 Å². The Bertz CT molecular complexity index is 370. The Morgan fingerprint density at radius 3 is 2.50 bits per heavy atom. The number of aromatic nitrogens is 1. The molecule has 0 saturated heterocycles. The van der Waals surface area contributed by atoms with Gasteiger partial charge in [0.1, 0.15) is 0 Å². The van der Waals surface area contributed by atoms with Crippen LogP contribution in [0.3, 0.4) is 0 Å². The molecule has 0 radical (unpaired) electrons. The number of rotatable bonds is 4. The van der Waals surface area contributed by atoms with Crippen molar-refractivity contribution in [3.05, 3.63) is 23.9 Å². The Morgan fingerprint density at radius 2 is 2.00 bits per heavy atom. The summed E-state index contributed by atoms with van der Waals surface area (Å²) in [4.78, 5) is 4.49. The van der Waals surface area contributed by atoms with E-state index in [1.807, 2.05) is 39.0 Å². The van der Waals surface area contributed by atoms with Crippen molar-refractivity contribution in [2.75, 3.05) is 0 Å². The minimum atomic E-state index is -0.339. The lowest BCUT2D eigenvalue weighted by Gasteiger charge is -2.19. The predicted molar refractivity (Wildman–Crippen MR) is 62.6 cm³/mol. The van der Waals surface area contributed by atoms with Crippen LogP contribution in [0.1, 0.15) is 39.3 Å². The van der Waals surface area contributed by atoms with Crippen LogP contribution in [0.2, 0.25) is 0 Å². The third kappa shape index (κ3) is 2.05. The van der Waals surface area contributed by atoms with Crippen molar-refractivity contribution in [3.63, 3.8) is 0 Å². The molecule has 1 N–H and O–H groups in total. The van der Waals surface area contributed by atoms with Crippen molar-refractivity contribution in [1.29, 1.82) is 0 Å². The van der Waals surface area contributed by atoms with Crippen molar-refractivity contribution in [2.24, 2.45) is 0 Å². The molecule has 0 amide bonds. The highest BCUT2D eigenvalue weighted by molar-refractivity contribution is 5.29. The summed E-state index contributed by atoms with van der Waals surface area (Å²) >= 11 is 0. The van der Waals surface area contributed by atoms with E-state index in [9.17, 15) is 5.11 Å². The lowest BCUT2D eigenvalue weighted by Crippen LogP contribution is -2.24. The van der Waals surface area contributed by atoms with Crippen molar-refractivity contribution in [1.82, 2.24) is 4.98 Å². The molecule has 1 aliphatic rings. The van der Waals surface area contributed by atoms with Gasteiger partial charge in [-0.05, 0) is 39.7 Å². The number of aliphatic hydroxyl groups excluding tert-OH is 1. The minimum Gasteiger partial charge on any atom is -0.475 e. The maximum atomic E-state index is 9.79. The summed E-state index contributed by atoms with van der Waals surface area (Å²) in [5, 5.41) is 9.79. The second-order valence-corrected chi connectivity index (χ2v) is 4.86. The van der Waals surface area contributed by atoms with Gasteiger partial charge in [-0.2, -0.15) is 0 Å². The smallest absolute Gasteiger partial charge is 0.213 e. The Balaban J connectivity index is 2.23. The molecular weight excluding hydrogens is 202 g/mol. The number of ether oxygens (including phenoxy) is 1. The molecule has 16 heavy (non-hydrogen) atoms.